The second-order valence-electron chi connectivity index (χ2n) is 7.49. The van der Waals surface area contributed by atoms with E-state index in [4.69, 9.17) is 4.74 Å². The second kappa shape index (κ2) is 8.79. The van der Waals surface area contributed by atoms with Crippen LogP contribution in [0.3, 0.4) is 0 Å². The standard InChI is InChI=1S/C21H22N2O5S3/c1-13-3-4-18(7-14(13)2)31(26,27)23-9-17(24)8-19(23)21(25)28-10-16-12-30-20(22-16)15-5-6-29-11-15/h3-7,11-12,17,19,24H,8-10H2,1-2H3. The fourth-order valence-corrected chi connectivity index (χ4v) is 6.64. The van der Waals surface area contributed by atoms with Gasteiger partial charge < -0.3 is 9.84 Å². The number of esters is 1. The monoisotopic (exact) mass is 478 g/mol. The van der Waals surface area contributed by atoms with Crippen LogP contribution in [0, 0.1) is 13.8 Å². The highest BCUT2D eigenvalue weighted by Crippen LogP contribution is 2.29. The molecule has 0 saturated carbocycles. The summed E-state index contributed by atoms with van der Waals surface area (Å²) in [5, 5.41) is 16.7. The number of rotatable bonds is 6. The van der Waals surface area contributed by atoms with E-state index in [0.29, 0.717) is 5.69 Å². The highest BCUT2D eigenvalue weighted by molar-refractivity contribution is 7.89. The van der Waals surface area contributed by atoms with Crippen LogP contribution in [-0.4, -0.2) is 47.5 Å². The first-order chi connectivity index (χ1) is 14.8. The molecule has 1 saturated heterocycles. The lowest BCUT2D eigenvalue weighted by molar-refractivity contribution is -0.149. The molecule has 3 heterocycles. The van der Waals surface area contributed by atoms with Crippen molar-refractivity contribution in [3.8, 4) is 10.6 Å². The fourth-order valence-electron chi connectivity index (χ4n) is 3.41. The average molecular weight is 479 g/mol. The molecular weight excluding hydrogens is 456 g/mol. The van der Waals surface area contributed by atoms with Gasteiger partial charge in [-0.15, -0.1) is 11.3 Å². The van der Waals surface area contributed by atoms with Crippen molar-refractivity contribution < 1.29 is 23.1 Å². The topological polar surface area (TPSA) is 96.8 Å². The lowest BCUT2D eigenvalue weighted by atomic mass is 10.1. The lowest BCUT2D eigenvalue weighted by Crippen LogP contribution is -2.41. The number of aryl methyl sites for hydroxylation is 2. The van der Waals surface area contributed by atoms with Crippen LogP contribution < -0.4 is 0 Å². The van der Waals surface area contributed by atoms with Gasteiger partial charge in [0, 0.05) is 29.3 Å². The van der Waals surface area contributed by atoms with Crippen molar-refractivity contribution in [2.75, 3.05) is 6.54 Å². The molecule has 31 heavy (non-hydrogen) atoms. The van der Waals surface area contributed by atoms with E-state index in [0.717, 1.165) is 26.0 Å². The lowest BCUT2D eigenvalue weighted by Gasteiger charge is -2.22. The molecule has 164 valence electrons. The number of thiophene rings is 1. The fraction of sp³-hybridized carbons (Fsp3) is 0.333. The molecule has 1 aliphatic heterocycles. The van der Waals surface area contributed by atoms with Crippen LogP contribution in [0.5, 0.6) is 0 Å². The quantitative estimate of drug-likeness (QED) is 0.546. The van der Waals surface area contributed by atoms with Gasteiger partial charge in [0.15, 0.2) is 0 Å². The summed E-state index contributed by atoms with van der Waals surface area (Å²) >= 11 is 3.03. The number of thiazole rings is 1. The Morgan fingerprint density at radius 2 is 2.06 bits per heavy atom. The normalized spacial score (nSPS) is 19.6. The molecule has 0 radical (unpaired) electrons. The molecule has 1 fully saturated rings. The summed E-state index contributed by atoms with van der Waals surface area (Å²) in [7, 11) is -3.95. The third-order valence-corrected chi connectivity index (χ3v) is 8.77. The van der Waals surface area contributed by atoms with E-state index >= 15 is 0 Å². The van der Waals surface area contributed by atoms with Gasteiger partial charge in [-0.1, -0.05) is 6.07 Å². The maximum Gasteiger partial charge on any atom is 0.324 e. The number of hydrogen-bond acceptors (Lipinski definition) is 8. The highest BCUT2D eigenvalue weighted by atomic mass is 32.2. The smallest absolute Gasteiger partial charge is 0.324 e. The van der Waals surface area contributed by atoms with Crippen molar-refractivity contribution >= 4 is 38.7 Å². The Morgan fingerprint density at radius 1 is 1.26 bits per heavy atom. The SMILES string of the molecule is Cc1ccc(S(=O)(=O)N2CC(O)CC2C(=O)OCc2csc(-c3ccsc3)n2)cc1C. The van der Waals surface area contributed by atoms with Crippen LogP contribution in [0.2, 0.25) is 0 Å². The largest absolute Gasteiger partial charge is 0.458 e. The molecule has 4 rings (SSSR count). The molecule has 2 atom stereocenters. The average Bonchev–Trinajstić information content (AvgIpc) is 3.48. The number of carbonyl (C=O) groups excluding carboxylic acids is 1. The van der Waals surface area contributed by atoms with Gasteiger partial charge in [0.05, 0.1) is 16.7 Å². The molecule has 1 aromatic carbocycles. The number of aromatic nitrogens is 1. The predicted octanol–water partition coefficient (Wildman–Crippen LogP) is 3.36. The van der Waals surface area contributed by atoms with E-state index in [9.17, 15) is 18.3 Å². The summed E-state index contributed by atoms with van der Waals surface area (Å²) in [6.07, 6.45) is -0.927. The number of carbonyl (C=O) groups is 1. The third-order valence-electron chi connectivity index (χ3n) is 5.27. The van der Waals surface area contributed by atoms with Gasteiger partial charge in [-0.05, 0) is 48.6 Å². The van der Waals surface area contributed by atoms with E-state index < -0.39 is 28.1 Å². The first-order valence-corrected chi connectivity index (χ1v) is 12.9. The number of nitrogens with zero attached hydrogens (tertiary/aromatic N) is 2. The minimum absolute atomic E-state index is 0.000125. The van der Waals surface area contributed by atoms with Crippen LogP contribution in [0.25, 0.3) is 10.6 Å². The Balaban J connectivity index is 1.48. The maximum atomic E-state index is 13.2. The summed E-state index contributed by atoms with van der Waals surface area (Å²) in [6, 6.07) is 5.73. The van der Waals surface area contributed by atoms with Crippen molar-refractivity contribution in [1.82, 2.24) is 9.29 Å². The number of ether oxygens (including phenoxy) is 1. The summed E-state index contributed by atoms with van der Waals surface area (Å²) in [6.45, 7) is 3.53. The zero-order valence-corrected chi connectivity index (χ0v) is 19.5. The predicted molar refractivity (Wildman–Crippen MR) is 119 cm³/mol. The zero-order valence-electron chi connectivity index (χ0n) is 17.0. The van der Waals surface area contributed by atoms with Gasteiger partial charge in [0.25, 0.3) is 0 Å². The molecule has 1 aliphatic rings. The third kappa shape index (κ3) is 4.58. The number of aliphatic hydroxyl groups excluding tert-OH is 1. The molecule has 0 spiro atoms. The second-order valence-corrected chi connectivity index (χ2v) is 11.0. The van der Waals surface area contributed by atoms with Crippen LogP contribution in [0.1, 0.15) is 23.2 Å². The summed E-state index contributed by atoms with van der Waals surface area (Å²) in [4.78, 5) is 17.3. The van der Waals surface area contributed by atoms with Crippen molar-refractivity contribution in [3.05, 3.63) is 57.2 Å². The number of β-amino-alcohol motifs (C(OH)–C–C–N with tert-alkyl or cyclic N) is 1. The summed E-state index contributed by atoms with van der Waals surface area (Å²) in [5.41, 5.74) is 3.42. The number of aliphatic hydroxyl groups is 1. The number of sulfonamides is 1. The molecule has 0 aliphatic carbocycles. The Hall–Kier alpha value is -2.11. The minimum Gasteiger partial charge on any atom is -0.458 e. The Kier molecular flexibility index (Phi) is 6.27. The molecule has 10 heteroatoms. The molecule has 3 aromatic rings. The Morgan fingerprint density at radius 3 is 2.77 bits per heavy atom. The number of hydrogen-bond donors (Lipinski definition) is 1. The summed E-state index contributed by atoms with van der Waals surface area (Å²) < 4.78 is 32.8. The first-order valence-electron chi connectivity index (χ1n) is 9.66. The van der Waals surface area contributed by atoms with E-state index in [-0.39, 0.29) is 24.5 Å². The Labute approximate surface area is 189 Å². The van der Waals surface area contributed by atoms with E-state index in [1.54, 1.807) is 23.5 Å². The maximum absolute atomic E-state index is 13.2. The van der Waals surface area contributed by atoms with Crippen molar-refractivity contribution in [3.63, 3.8) is 0 Å². The first kappa shape index (κ1) is 22.1. The molecule has 0 bridgehead atoms. The Bertz CT molecular complexity index is 1190. The van der Waals surface area contributed by atoms with Gasteiger partial charge in [-0.3, -0.25) is 4.79 Å². The highest BCUT2D eigenvalue weighted by Gasteiger charge is 2.44. The molecule has 7 nitrogen and oxygen atoms in total. The van der Waals surface area contributed by atoms with E-state index in [2.05, 4.69) is 4.98 Å². The van der Waals surface area contributed by atoms with Gasteiger partial charge in [0.1, 0.15) is 17.7 Å². The van der Waals surface area contributed by atoms with Gasteiger partial charge in [-0.25, -0.2) is 13.4 Å². The van der Waals surface area contributed by atoms with Crippen LogP contribution in [-0.2, 0) is 26.2 Å². The van der Waals surface area contributed by atoms with Crippen molar-refractivity contribution in [2.24, 2.45) is 0 Å². The van der Waals surface area contributed by atoms with Crippen LogP contribution in [0.4, 0.5) is 0 Å². The zero-order chi connectivity index (χ0) is 22.2. The summed E-state index contributed by atoms with van der Waals surface area (Å²) in [5.74, 6) is -0.686. The van der Waals surface area contributed by atoms with Crippen molar-refractivity contribution in [1.29, 1.82) is 0 Å². The van der Waals surface area contributed by atoms with Crippen LogP contribution >= 0.6 is 22.7 Å². The molecule has 2 aromatic heterocycles. The van der Waals surface area contributed by atoms with E-state index in [1.165, 1.54) is 17.4 Å². The van der Waals surface area contributed by atoms with E-state index in [1.807, 2.05) is 36.1 Å². The van der Waals surface area contributed by atoms with Crippen LogP contribution in [0.15, 0.2) is 45.3 Å². The van der Waals surface area contributed by atoms with Crippen molar-refractivity contribution in [2.45, 2.75) is 43.9 Å². The van der Waals surface area contributed by atoms with Gasteiger partial charge in [0.2, 0.25) is 10.0 Å². The molecular formula is C21H22N2O5S3. The number of benzene rings is 1. The molecule has 0 amide bonds. The minimum atomic E-state index is -3.95. The van der Waals surface area contributed by atoms with Gasteiger partial charge in [-0.2, -0.15) is 15.6 Å². The van der Waals surface area contributed by atoms with Gasteiger partial charge >= 0.3 is 5.97 Å². The molecule has 2 unspecified atom stereocenters. The molecule has 1 N–H and O–H groups in total.